The van der Waals surface area contributed by atoms with Crippen LogP contribution < -0.4 is 5.73 Å². The highest BCUT2D eigenvalue weighted by molar-refractivity contribution is 6.30. The Morgan fingerprint density at radius 1 is 1.59 bits per heavy atom. The van der Waals surface area contributed by atoms with Gasteiger partial charge < -0.3 is 10.5 Å². The van der Waals surface area contributed by atoms with E-state index >= 15 is 0 Å². The SMILES string of the molecule is Cc1cnc(Cl)c(C[C@@H](N)C(=O)OC(C)C)c1. The van der Waals surface area contributed by atoms with Crippen LogP contribution in [0.1, 0.15) is 25.0 Å². The molecule has 2 N–H and O–H groups in total. The lowest BCUT2D eigenvalue weighted by molar-refractivity contribution is -0.148. The summed E-state index contributed by atoms with van der Waals surface area (Å²) in [5, 5.41) is 0.378. The number of rotatable bonds is 4. The van der Waals surface area contributed by atoms with Gasteiger partial charge >= 0.3 is 5.97 Å². The van der Waals surface area contributed by atoms with E-state index in [2.05, 4.69) is 4.98 Å². The van der Waals surface area contributed by atoms with Crippen molar-refractivity contribution in [2.45, 2.75) is 39.3 Å². The number of halogens is 1. The molecule has 5 heteroatoms. The Labute approximate surface area is 106 Å². The molecule has 0 aliphatic heterocycles. The summed E-state index contributed by atoms with van der Waals surface area (Å²) in [6, 6.07) is 1.16. The Hall–Kier alpha value is -1.13. The normalized spacial score (nSPS) is 12.6. The van der Waals surface area contributed by atoms with Crippen LogP contribution in [0.25, 0.3) is 0 Å². The molecule has 0 saturated heterocycles. The fraction of sp³-hybridized carbons (Fsp3) is 0.500. The minimum atomic E-state index is -0.710. The summed E-state index contributed by atoms with van der Waals surface area (Å²) >= 11 is 5.93. The summed E-state index contributed by atoms with van der Waals surface area (Å²) in [5.41, 5.74) is 7.50. The number of esters is 1. The molecule has 1 aromatic rings. The Morgan fingerprint density at radius 2 is 2.24 bits per heavy atom. The second kappa shape index (κ2) is 5.98. The van der Waals surface area contributed by atoms with E-state index in [4.69, 9.17) is 22.1 Å². The lowest BCUT2D eigenvalue weighted by Crippen LogP contribution is -2.35. The average Bonchev–Trinajstić information content (AvgIpc) is 2.22. The van der Waals surface area contributed by atoms with Crippen molar-refractivity contribution in [1.29, 1.82) is 0 Å². The minimum Gasteiger partial charge on any atom is -0.462 e. The molecule has 0 unspecified atom stereocenters. The molecule has 0 radical (unpaired) electrons. The van der Waals surface area contributed by atoms with E-state index < -0.39 is 12.0 Å². The predicted octanol–water partition coefficient (Wildman–Crippen LogP) is 1.86. The standard InChI is InChI=1S/C12H17ClN2O2/c1-7(2)17-12(16)10(14)5-9-4-8(3)6-15-11(9)13/h4,6-7,10H,5,14H2,1-3H3/t10-/m1/s1. The van der Waals surface area contributed by atoms with Crippen LogP contribution in [0, 0.1) is 6.92 Å². The van der Waals surface area contributed by atoms with Crippen molar-refractivity contribution in [3.8, 4) is 0 Å². The van der Waals surface area contributed by atoms with Crippen molar-refractivity contribution in [3.05, 3.63) is 28.5 Å². The number of carbonyl (C=O) groups excluding carboxylic acids is 1. The maximum Gasteiger partial charge on any atom is 0.323 e. The average molecular weight is 257 g/mol. The van der Waals surface area contributed by atoms with Gasteiger partial charge in [-0.15, -0.1) is 0 Å². The van der Waals surface area contributed by atoms with Gasteiger partial charge in [-0.05, 0) is 31.9 Å². The molecule has 0 amide bonds. The molecule has 0 bridgehead atoms. The molecule has 1 aromatic heterocycles. The summed E-state index contributed by atoms with van der Waals surface area (Å²) in [7, 11) is 0. The van der Waals surface area contributed by atoms with Gasteiger partial charge in [0.1, 0.15) is 11.2 Å². The van der Waals surface area contributed by atoms with Crippen LogP contribution in [-0.4, -0.2) is 23.1 Å². The number of aryl methyl sites for hydroxylation is 1. The minimum absolute atomic E-state index is 0.167. The molecule has 94 valence electrons. The Morgan fingerprint density at radius 3 is 2.82 bits per heavy atom. The van der Waals surface area contributed by atoms with Gasteiger partial charge in [0, 0.05) is 12.6 Å². The van der Waals surface area contributed by atoms with E-state index in [0.717, 1.165) is 11.1 Å². The third-order valence-corrected chi connectivity index (χ3v) is 2.48. The van der Waals surface area contributed by atoms with Crippen LogP contribution in [0.15, 0.2) is 12.3 Å². The van der Waals surface area contributed by atoms with Crippen LogP contribution in [-0.2, 0) is 16.0 Å². The second-order valence-electron chi connectivity index (χ2n) is 4.26. The zero-order valence-electron chi connectivity index (χ0n) is 10.2. The van der Waals surface area contributed by atoms with E-state index in [1.54, 1.807) is 20.0 Å². The molecule has 4 nitrogen and oxygen atoms in total. The van der Waals surface area contributed by atoms with Gasteiger partial charge in [0.15, 0.2) is 0 Å². The summed E-state index contributed by atoms with van der Waals surface area (Å²) in [5.74, 6) is -0.419. The molecule has 1 atom stereocenters. The number of aromatic nitrogens is 1. The first-order valence-electron chi connectivity index (χ1n) is 5.47. The number of carbonyl (C=O) groups is 1. The number of hydrogen-bond acceptors (Lipinski definition) is 4. The molecule has 1 rings (SSSR count). The third-order valence-electron chi connectivity index (χ3n) is 2.14. The van der Waals surface area contributed by atoms with E-state index in [1.807, 2.05) is 13.0 Å². The van der Waals surface area contributed by atoms with Gasteiger partial charge in [-0.25, -0.2) is 4.98 Å². The highest BCUT2D eigenvalue weighted by atomic mass is 35.5. The molecule has 0 spiro atoms. The van der Waals surface area contributed by atoms with Crippen molar-refractivity contribution in [3.63, 3.8) is 0 Å². The van der Waals surface area contributed by atoms with Gasteiger partial charge in [-0.3, -0.25) is 4.79 Å². The van der Waals surface area contributed by atoms with Gasteiger partial charge in [-0.2, -0.15) is 0 Å². The number of hydrogen-bond donors (Lipinski definition) is 1. The van der Waals surface area contributed by atoms with Gasteiger partial charge in [0.25, 0.3) is 0 Å². The van der Waals surface area contributed by atoms with E-state index in [0.29, 0.717) is 11.6 Å². The van der Waals surface area contributed by atoms with E-state index in [-0.39, 0.29) is 6.10 Å². The first kappa shape index (κ1) is 13.9. The Bertz CT molecular complexity index is 407. The molecule has 1 heterocycles. The molecule has 17 heavy (non-hydrogen) atoms. The predicted molar refractivity (Wildman–Crippen MR) is 66.9 cm³/mol. The highest BCUT2D eigenvalue weighted by Gasteiger charge is 2.18. The van der Waals surface area contributed by atoms with E-state index in [1.165, 1.54) is 0 Å². The second-order valence-corrected chi connectivity index (χ2v) is 4.62. The van der Waals surface area contributed by atoms with Crippen molar-refractivity contribution in [2.24, 2.45) is 5.73 Å². The number of pyridine rings is 1. The van der Waals surface area contributed by atoms with Crippen LogP contribution in [0.3, 0.4) is 0 Å². The first-order chi connectivity index (χ1) is 7.90. The van der Waals surface area contributed by atoms with Crippen LogP contribution in [0.5, 0.6) is 0 Å². The molecule has 0 fully saturated rings. The molecule has 0 aromatic carbocycles. The monoisotopic (exact) mass is 256 g/mol. The highest BCUT2D eigenvalue weighted by Crippen LogP contribution is 2.16. The maximum absolute atomic E-state index is 11.5. The topological polar surface area (TPSA) is 65.2 Å². The molecule has 0 aliphatic rings. The van der Waals surface area contributed by atoms with Crippen molar-refractivity contribution >= 4 is 17.6 Å². The fourth-order valence-electron chi connectivity index (χ4n) is 1.40. The quantitative estimate of drug-likeness (QED) is 0.660. The van der Waals surface area contributed by atoms with Crippen LogP contribution in [0.2, 0.25) is 5.15 Å². The zero-order chi connectivity index (χ0) is 13.0. The fourth-order valence-corrected chi connectivity index (χ4v) is 1.58. The zero-order valence-corrected chi connectivity index (χ0v) is 11.0. The molecular weight excluding hydrogens is 240 g/mol. The smallest absolute Gasteiger partial charge is 0.323 e. The van der Waals surface area contributed by atoms with Gasteiger partial charge in [0.2, 0.25) is 0 Å². The van der Waals surface area contributed by atoms with Crippen LogP contribution in [0.4, 0.5) is 0 Å². The number of nitrogens with zero attached hydrogens (tertiary/aromatic N) is 1. The number of nitrogens with two attached hydrogens (primary N) is 1. The van der Waals surface area contributed by atoms with Gasteiger partial charge in [0.05, 0.1) is 6.10 Å². The largest absolute Gasteiger partial charge is 0.462 e. The van der Waals surface area contributed by atoms with Crippen molar-refractivity contribution in [1.82, 2.24) is 4.98 Å². The molecular formula is C12H17ClN2O2. The summed E-state index contributed by atoms with van der Waals surface area (Å²) in [6.45, 7) is 5.47. The number of ether oxygens (including phenoxy) is 1. The summed E-state index contributed by atoms with van der Waals surface area (Å²) in [6.07, 6.45) is 1.84. The summed E-state index contributed by atoms with van der Waals surface area (Å²) < 4.78 is 5.03. The lowest BCUT2D eigenvalue weighted by atomic mass is 10.1. The third kappa shape index (κ3) is 4.32. The molecule has 0 aliphatic carbocycles. The van der Waals surface area contributed by atoms with Gasteiger partial charge in [-0.1, -0.05) is 17.7 Å². The Kier molecular flexibility index (Phi) is 4.90. The van der Waals surface area contributed by atoms with Crippen molar-refractivity contribution in [2.75, 3.05) is 0 Å². The summed E-state index contributed by atoms with van der Waals surface area (Å²) in [4.78, 5) is 15.6. The van der Waals surface area contributed by atoms with Crippen molar-refractivity contribution < 1.29 is 9.53 Å². The maximum atomic E-state index is 11.5. The molecule has 0 saturated carbocycles. The Balaban J connectivity index is 2.70. The lowest BCUT2D eigenvalue weighted by Gasteiger charge is -2.14. The van der Waals surface area contributed by atoms with Crippen LogP contribution >= 0.6 is 11.6 Å². The van der Waals surface area contributed by atoms with E-state index in [9.17, 15) is 4.79 Å². The first-order valence-corrected chi connectivity index (χ1v) is 5.85.